The second-order valence-corrected chi connectivity index (χ2v) is 3.44. The van der Waals surface area contributed by atoms with E-state index in [-0.39, 0.29) is 11.0 Å². The van der Waals surface area contributed by atoms with E-state index in [0.29, 0.717) is 5.56 Å². The molecule has 4 N–H and O–H groups in total. The van der Waals surface area contributed by atoms with Crippen LogP contribution >= 0.6 is 15.9 Å². The molecule has 0 amide bonds. The number of halogens is 2. The van der Waals surface area contributed by atoms with Gasteiger partial charge in [0, 0.05) is 6.54 Å². The molecule has 13 heavy (non-hydrogen) atoms. The van der Waals surface area contributed by atoms with Crippen molar-refractivity contribution >= 4 is 15.9 Å². The van der Waals surface area contributed by atoms with Gasteiger partial charge in [0.15, 0.2) is 11.6 Å². The minimum Gasteiger partial charge on any atom is -0.505 e. The van der Waals surface area contributed by atoms with E-state index in [1.807, 2.05) is 0 Å². The Hall–Kier alpha value is -0.650. The topological polar surface area (TPSA) is 66.5 Å². The molecule has 72 valence electrons. The average Bonchev–Trinajstić information content (AvgIpc) is 2.12. The van der Waals surface area contributed by atoms with Crippen LogP contribution in [0.3, 0.4) is 0 Å². The summed E-state index contributed by atoms with van der Waals surface area (Å²) in [6.07, 6.45) is -0.886. The Morgan fingerprint density at radius 1 is 1.54 bits per heavy atom. The van der Waals surface area contributed by atoms with Gasteiger partial charge in [-0.05, 0) is 33.6 Å². The molecule has 1 unspecified atom stereocenters. The van der Waals surface area contributed by atoms with Crippen molar-refractivity contribution in [2.24, 2.45) is 5.73 Å². The Balaban J connectivity index is 3.13. The number of benzene rings is 1. The molecule has 0 bridgehead atoms. The van der Waals surface area contributed by atoms with E-state index in [9.17, 15) is 9.50 Å². The molecule has 0 saturated carbocycles. The van der Waals surface area contributed by atoms with Crippen LogP contribution in [-0.2, 0) is 0 Å². The van der Waals surface area contributed by atoms with Crippen molar-refractivity contribution in [3.8, 4) is 5.75 Å². The number of aromatic hydroxyl groups is 1. The molecule has 0 aliphatic carbocycles. The molecule has 1 aromatic carbocycles. The standard InChI is InChI=1S/C8H9BrFNO2/c9-5-1-4(7(13)3-11)2-6(12)8(5)10/h1-2,7,12-13H,3,11H2. The third-order valence-electron chi connectivity index (χ3n) is 1.64. The van der Waals surface area contributed by atoms with Crippen LogP contribution in [0.25, 0.3) is 0 Å². The monoisotopic (exact) mass is 249 g/mol. The molecule has 0 fully saturated rings. The summed E-state index contributed by atoms with van der Waals surface area (Å²) in [7, 11) is 0. The van der Waals surface area contributed by atoms with Crippen molar-refractivity contribution in [3.63, 3.8) is 0 Å². The molecule has 0 aliphatic rings. The van der Waals surface area contributed by atoms with Crippen molar-refractivity contribution in [1.82, 2.24) is 0 Å². The predicted molar refractivity (Wildman–Crippen MR) is 49.8 cm³/mol. The number of hydrogen-bond donors (Lipinski definition) is 3. The molecule has 0 spiro atoms. The number of aliphatic hydroxyl groups is 1. The van der Waals surface area contributed by atoms with Gasteiger partial charge in [0.1, 0.15) is 0 Å². The maximum absolute atomic E-state index is 12.9. The minimum absolute atomic E-state index is 0.0253. The molecule has 1 aromatic rings. The SMILES string of the molecule is NCC(O)c1cc(O)c(F)c(Br)c1. The first-order valence-corrected chi connectivity index (χ1v) is 4.41. The largest absolute Gasteiger partial charge is 0.505 e. The van der Waals surface area contributed by atoms with Crippen LogP contribution in [0.5, 0.6) is 5.75 Å². The number of phenols is 1. The summed E-state index contributed by atoms with van der Waals surface area (Å²) in [5.41, 5.74) is 5.58. The van der Waals surface area contributed by atoms with Gasteiger partial charge in [-0.25, -0.2) is 4.39 Å². The molecular formula is C8H9BrFNO2. The van der Waals surface area contributed by atoms with E-state index in [1.165, 1.54) is 6.07 Å². The minimum atomic E-state index is -0.886. The van der Waals surface area contributed by atoms with Crippen LogP contribution in [0.2, 0.25) is 0 Å². The summed E-state index contributed by atoms with van der Waals surface area (Å²) in [6, 6.07) is 2.53. The summed E-state index contributed by atoms with van der Waals surface area (Å²) >= 11 is 2.91. The Morgan fingerprint density at radius 2 is 2.15 bits per heavy atom. The number of phenolic OH excluding ortho intramolecular Hbond substituents is 1. The number of aliphatic hydroxyl groups excluding tert-OH is 1. The Morgan fingerprint density at radius 3 is 2.62 bits per heavy atom. The molecule has 0 saturated heterocycles. The third kappa shape index (κ3) is 2.18. The number of hydrogen-bond acceptors (Lipinski definition) is 3. The van der Waals surface area contributed by atoms with E-state index >= 15 is 0 Å². The van der Waals surface area contributed by atoms with Gasteiger partial charge in [-0.1, -0.05) is 0 Å². The van der Waals surface area contributed by atoms with E-state index in [4.69, 9.17) is 10.8 Å². The Kier molecular flexibility index (Phi) is 3.24. The molecule has 0 aromatic heterocycles. The van der Waals surface area contributed by atoms with Gasteiger partial charge in [0.2, 0.25) is 0 Å². The normalized spacial score (nSPS) is 12.9. The van der Waals surface area contributed by atoms with Crippen LogP contribution in [0.15, 0.2) is 16.6 Å². The van der Waals surface area contributed by atoms with Crippen LogP contribution < -0.4 is 5.73 Å². The lowest BCUT2D eigenvalue weighted by molar-refractivity contribution is 0.186. The highest BCUT2D eigenvalue weighted by Gasteiger charge is 2.12. The smallest absolute Gasteiger partial charge is 0.178 e. The predicted octanol–water partition coefficient (Wildman–Crippen LogP) is 1.29. The molecular weight excluding hydrogens is 241 g/mol. The number of rotatable bonds is 2. The summed E-state index contributed by atoms with van der Waals surface area (Å²) in [5, 5.41) is 18.4. The highest BCUT2D eigenvalue weighted by molar-refractivity contribution is 9.10. The van der Waals surface area contributed by atoms with Crippen LogP contribution in [0.1, 0.15) is 11.7 Å². The average molecular weight is 250 g/mol. The molecule has 5 heteroatoms. The fourth-order valence-electron chi connectivity index (χ4n) is 0.923. The number of nitrogens with two attached hydrogens (primary N) is 1. The van der Waals surface area contributed by atoms with E-state index in [0.717, 1.165) is 6.07 Å². The van der Waals surface area contributed by atoms with Crippen molar-refractivity contribution in [2.75, 3.05) is 6.54 Å². The lowest BCUT2D eigenvalue weighted by atomic mass is 10.1. The van der Waals surface area contributed by atoms with Crippen molar-refractivity contribution in [1.29, 1.82) is 0 Å². The van der Waals surface area contributed by atoms with Gasteiger partial charge in [0.25, 0.3) is 0 Å². The van der Waals surface area contributed by atoms with Gasteiger partial charge in [0.05, 0.1) is 10.6 Å². The first kappa shape index (κ1) is 10.4. The summed E-state index contributed by atoms with van der Waals surface area (Å²) < 4.78 is 13.0. The van der Waals surface area contributed by atoms with Crippen LogP contribution in [0, 0.1) is 5.82 Å². The maximum Gasteiger partial charge on any atom is 0.178 e. The first-order chi connectivity index (χ1) is 6.06. The zero-order valence-electron chi connectivity index (χ0n) is 6.67. The molecule has 0 radical (unpaired) electrons. The molecule has 1 atom stereocenters. The lowest BCUT2D eigenvalue weighted by Crippen LogP contribution is -2.11. The Labute approximate surface area is 83.1 Å². The second kappa shape index (κ2) is 4.04. The Bertz CT molecular complexity index is 296. The zero-order valence-corrected chi connectivity index (χ0v) is 8.25. The van der Waals surface area contributed by atoms with Gasteiger partial charge in [-0.3, -0.25) is 0 Å². The summed E-state index contributed by atoms with van der Waals surface area (Å²) in [6.45, 7) is 0.0253. The fourth-order valence-corrected chi connectivity index (χ4v) is 1.39. The van der Waals surface area contributed by atoms with Crippen molar-refractivity contribution < 1.29 is 14.6 Å². The first-order valence-electron chi connectivity index (χ1n) is 3.62. The van der Waals surface area contributed by atoms with Crippen LogP contribution in [0.4, 0.5) is 4.39 Å². The molecule has 3 nitrogen and oxygen atoms in total. The summed E-state index contributed by atoms with van der Waals surface area (Å²) in [5.74, 6) is -1.25. The van der Waals surface area contributed by atoms with Gasteiger partial charge < -0.3 is 15.9 Å². The third-order valence-corrected chi connectivity index (χ3v) is 2.22. The molecule has 0 heterocycles. The highest BCUT2D eigenvalue weighted by atomic mass is 79.9. The van der Waals surface area contributed by atoms with E-state index in [2.05, 4.69) is 15.9 Å². The summed E-state index contributed by atoms with van der Waals surface area (Å²) in [4.78, 5) is 0. The van der Waals surface area contributed by atoms with Gasteiger partial charge in [-0.2, -0.15) is 0 Å². The zero-order chi connectivity index (χ0) is 10.0. The molecule has 0 aliphatic heterocycles. The fraction of sp³-hybridized carbons (Fsp3) is 0.250. The lowest BCUT2D eigenvalue weighted by Gasteiger charge is -2.09. The van der Waals surface area contributed by atoms with Crippen molar-refractivity contribution in [3.05, 3.63) is 28.0 Å². The molecule has 1 rings (SSSR count). The van der Waals surface area contributed by atoms with Gasteiger partial charge in [-0.15, -0.1) is 0 Å². The maximum atomic E-state index is 12.9. The van der Waals surface area contributed by atoms with Crippen molar-refractivity contribution in [2.45, 2.75) is 6.10 Å². The quantitative estimate of drug-likeness (QED) is 0.740. The van der Waals surface area contributed by atoms with Crippen LogP contribution in [-0.4, -0.2) is 16.8 Å². The highest BCUT2D eigenvalue weighted by Crippen LogP contribution is 2.28. The van der Waals surface area contributed by atoms with E-state index in [1.54, 1.807) is 0 Å². The van der Waals surface area contributed by atoms with E-state index < -0.39 is 17.7 Å². The van der Waals surface area contributed by atoms with Gasteiger partial charge >= 0.3 is 0 Å². The second-order valence-electron chi connectivity index (χ2n) is 2.59.